The maximum atomic E-state index is 13.2. The Morgan fingerprint density at radius 1 is 1.29 bits per heavy atom. The van der Waals surface area contributed by atoms with Crippen LogP contribution in [0.3, 0.4) is 0 Å². The Labute approximate surface area is 95.5 Å². The first-order valence-electron chi connectivity index (χ1n) is 4.46. The number of nitrogens with one attached hydrogen (secondary N) is 2. The van der Waals surface area contributed by atoms with Gasteiger partial charge in [0, 0.05) is 12.3 Å². The van der Waals surface area contributed by atoms with E-state index in [1.165, 1.54) is 0 Å². The van der Waals surface area contributed by atoms with Gasteiger partial charge in [-0.15, -0.1) is 0 Å². The molecule has 0 spiro atoms. The van der Waals surface area contributed by atoms with Gasteiger partial charge >= 0.3 is 0 Å². The van der Waals surface area contributed by atoms with Crippen LogP contribution in [-0.4, -0.2) is 18.6 Å². The lowest BCUT2D eigenvalue weighted by molar-refractivity contribution is 0.583. The van der Waals surface area contributed by atoms with E-state index >= 15 is 0 Å². The Balaban J connectivity index is 2.33. The van der Waals surface area contributed by atoms with Crippen LogP contribution in [0.15, 0.2) is 35.5 Å². The molecule has 0 unspecified atom stereocenters. The lowest BCUT2D eigenvalue weighted by Crippen LogP contribution is -2.13. The van der Waals surface area contributed by atoms with E-state index < -0.39 is 21.7 Å². The summed E-state index contributed by atoms with van der Waals surface area (Å²) in [5.41, 5.74) is -0.326. The topological polar surface area (TPSA) is 74.8 Å². The Morgan fingerprint density at radius 2 is 2.06 bits per heavy atom. The summed E-state index contributed by atoms with van der Waals surface area (Å²) < 4.78 is 51.2. The largest absolute Gasteiger partial charge is 0.284 e. The summed E-state index contributed by atoms with van der Waals surface area (Å²) in [5, 5.41) is 5.79. The molecule has 2 aromatic rings. The van der Waals surface area contributed by atoms with Crippen molar-refractivity contribution in [1.82, 2.24) is 10.2 Å². The van der Waals surface area contributed by atoms with Crippen LogP contribution in [0.4, 0.5) is 14.5 Å². The number of halogens is 2. The van der Waals surface area contributed by atoms with Crippen molar-refractivity contribution in [3.63, 3.8) is 0 Å². The molecule has 2 N–H and O–H groups in total. The van der Waals surface area contributed by atoms with Crippen molar-refractivity contribution in [2.24, 2.45) is 0 Å². The van der Waals surface area contributed by atoms with Gasteiger partial charge in [-0.1, -0.05) is 0 Å². The third kappa shape index (κ3) is 2.41. The van der Waals surface area contributed by atoms with E-state index in [1.54, 1.807) is 0 Å². The Kier molecular flexibility index (Phi) is 2.80. The van der Waals surface area contributed by atoms with E-state index in [0.717, 1.165) is 24.5 Å². The summed E-state index contributed by atoms with van der Waals surface area (Å²) in [6.07, 6.45) is 2.22. The van der Waals surface area contributed by atoms with Gasteiger partial charge in [-0.05, 0) is 12.1 Å². The van der Waals surface area contributed by atoms with Crippen molar-refractivity contribution >= 4 is 15.7 Å². The number of nitrogens with zero attached hydrogens (tertiary/aromatic N) is 1. The second-order valence-electron chi connectivity index (χ2n) is 3.16. The van der Waals surface area contributed by atoms with Gasteiger partial charge < -0.3 is 0 Å². The van der Waals surface area contributed by atoms with E-state index in [-0.39, 0.29) is 10.6 Å². The quantitative estimate of drug-likeness (QED) is 0.876. The molecule has 17 heavy (non-hydrogen) atoms. The zero-order valence-corrected chi connectivity index (χ0v) is 9.13. The highest BCUT2D eigenvalue weighted by Crippen LogP contribution is 2.19. The lowest BCUT2D eigenvalue weighted by Gasteiger charge is -2.06. The fourth-order valence-corrected chi connectivity index (χ4v) is 2.13. The number of sulfonamides is 1. The predicted molar refractivity (Wildman–Crippen MR) is 55.8 cm³/mol. The van der Waals surface area contributed by atoms with Gasteiger partial charge in [0.25, 0.3) is 10.0 Å². The van der Waals surface area contributed by atoms with Gasteiger partial charge in [-0.2, -0.15) is 5.10 Å². The Morgan fingerprint density at radius 3 is 2.65 bits per heavy atom. The summed E-state index contributed by atoms with van der Waals surface area (Å²) >= 11 is 0. The van der Waals surface area contributed by atoms with Crippen LogP contribution in [0.5, 0.6) is 0 Å². The van der Waals surface area contributed by atoms with Crippen molar-refractivity contribution in [3.05, 3.63) is 42.2 Å². The monoisotopic (exact) mass is 259 g/mol. The van der Waals surface area contributed by atoms with Crippen LogP contribution in [0, 0.1) is 11.6 Å². The molecule has 8 heteroatoms. The molecule has 0 fully saturated rings. The van der Waals surface area contributed by atoms with E-state index in [9.17, 15) is 17.2 Å². The van der Waals surface area contributed by atoms with Gasteiger partial charge in [0.2, 0.25) is 0 Å². The number of benzene rings is 1. The maximum Gasteiger partial charge on any atom is 0.265 e. The minimum Gasteiger partial charge on any atom is -0.284 e. The van der Waals surface area contributed by atoms with Crippen molar-refractivity contribution in [1.29, 1.82) is 0 Å². The highest BCUT2D eigenvalue weighted by atomic mass is 32.2. The molecule has 1 aromatic carbocycles. The highest BCUT2D eigenvalue weighted by Gasteiger charge is 2.17. The first kappa shape index (κ1) is 11.5. The molecule has 0 saturated carbocycles. The number of anilines is 1. The number of rotatable bonds is 3. The first-order chi connectivity index (χ1) is 7.99. The molecule has 0 amide bonds. The second-order valence-corrected chi connectivity index (χ2v) is 4.85. The molecule has 0 aliphatic rings. The molecule has 0 atom stereocenters. The molecule has 90 valence electrons. The molecule has 0 aliphatic carbocycles. The summed E-state index contributed by atoms with van der Waals surface area (Å²) in [6.45, 7) is 0. The van der Waals surface area contributed by atoms with Gasteiger partial charge in [-0.3, -0.25) is 9.82 Å². The van der Waals surface area contributed by atoms with Crippen molar-refractivity contribution < 1.29 is 17.2 Å². The molecule has 5 nitrogen and oxygen atoms in total. The molecular formula is C9H7F2N3O2S. The van der Waals surface area contributed by atoms with Crippen LogP contribution in [0.1, 0.15) is 0 Å². The van der Waals surface area contributed by atoms with Crippen LogP contribution < -0.4 is 4.72 Å². The normalized spacial score (nSPS) is 11.4. The van der Waals surface area contributed by atoms with Gasteiger partial charge in [-0.25, -0.2) is 17.2 Å². The Hall–Kier alpha value is -1.96. The average molecular weight is 259 g/mol. The van der Waals surface area contributed by atoms with Crippen LogP contribution in [0.25, 0.3) is 0 Å². The number of aromatic amines is 1. The minimum absolute atomic E-state index is 0.138. The van der Waals surface area contributed by atoms with E-state index in [1.807, 2.05) is 4.72 Å². The first-order valence-corrected chi connectivity index (χ1v) is 5.94. The molecule has 0 radical (unpaired) electrons. The molecule has 1 heterocycles. The molecule has 0 aliphatic heterocycles. The van der Waals surface area contributed by atoms with Crippen LogP contribution in [-0.2, 0) is 10.0 Å². The van der Waals surface area contributed by atoms with Gasteiger partial charge in [0.05, 0.1) is 11.9 Å². The molecule has 0 saturated heterocycles. The number of hydrogen-bond acceptors (Lipinski definition) is 3. The van der Waals surface area contributed by atoms with Crippen molar-refractivity contribution in [2.45, 2.75) is 4.90 Å². The van der Waals surface area contributed by atoms with E-state index in [2.05, 4.69) is 10.2 Å². The van der Waals surface area contributed by atoms with Crippen molar-refractivity contribution in [3.8, 4) is 0 Å². The van der Waals surface area contributed by atoms with Crippen molar-refractivity contribution in [2.75, 3.05) is 4.72 Å². The number of hydrogen-bond donors (Lipinski definition) is 2. The SMILES string of the molecule is O=S(=O)(Nc1ccc(F)cc1F)c1cn[nH]c1. The smallest absolute Gasteiger partial charge is 0.265 e. The molecule has 1 aromatic heterocycles. The summed E-state index contributed by atoms with van der Waals surface area (Å²) in [5.74, 6) is -1.77. The standard InChI is InChI=1S/C9H7F2N3O2S/c10-6-1-2-9(8(11)3-6)14-17(15,16)7-4-12-13-5-7/h1-5,14H,(H,12,13). The summed E-state index contributed by atoms with van der Waals surface area (Å²) in [7, 11) is -3.91. The van der Waals surface area contributed by atoms with Crippen LogP contribution >= 0.6 is 0 Å². The average Bonchev–Trinajstić information content (AvgIpc) is 2.76. The summed E-state index contributed by atoms with van der Waals surface area (Å²) in [6, 6.07) is 2.55. The molecule has 0 bridgehead atoms. The summed E-state index contributed by atoms with van der Waals surface area (Å²) in [4.78, 5) is -0.138. The zero-order valence-electron chi connectivity index (χ0n) is 8.31. The van der Waals surface area contributed by atoms with E-state index in [0.29, 0.717) is 6.07 Å². The predicted octanol–water partition coefficient (Wildman–Crippen LogP) is 1.49. The second kappa shape index (κ2) is 4.13. The number of aromatic nitrogens is 2. The lowest BCUT2D eigenvalue weighted by atomic mass is 10.3. The third-order valence-corrected chi connectivity index (χ3v) is 3.29. The fraction of sp³-hybridized carbons (Fsp3) is 0. The maximum absolute atomic E-state index is 13.2. The van der Waals surface area contributed by atoms with E-state index in [4.69, 9.17) is 0 Å². The van der Waals surface area contributed by atoms with Crippen LogP contribution in [0.2, 0.25) is 0 Å². The van der Waals surface area contributed by atoms with Gasteiger partial charge in [0.15, 0.2) is 0 Å². The Bertz CT molecular complexity index is 626. The minimum atomic E-state index is -3.91. The highest BCUT2D eigenvalue weighted by molar-refractivity contribution is 7.92. The molecule has 2 rings (SSSR count). The third-order valence-electron chi connectivity index (χ3n) is 1.96. The number of H-pyrrole nitrogens is 1. The fourth-order valence-electron chi connectivity index (χ4n) is 1.16. The molecular weight excluding hydrogens is 252 g/mol. The van der Waals surface area contributed by atoms with Gasteiger partial charge in [0.1, 0.15) is 16.5 Å². The zero-order chi connectivity index (χ0) is 12.5.